The van der Waals surface area contributed by atoms with Crippen LogP contribution < -0.4 is 0 Å². The third kappa shape index (κ3) is 4.15. The Morgan fingerprint density at radius 1 is 0.618 bits per heavy atom. The fourth-order valence-corrected chi connectivity index (χ4v) is 36.7. The average Bonchev–Trinajstić information content (AvgIpc) is 3.44. The van der Waals surface area contributed by atoms with Gasteiger partial charge in [-0.25, -0.2) is 0 Å². The van der Waals surface area contributed by atoms with E-state index in [1.807, 2.05) is 3.28 Å². The van der Waals surface area contributed by atoms with Gasteiger partial charge in [-0.05, 0) is 0 Å². The minimum atomic E-state index is -4.38. The zero-order valence-electron chi connectivity index (χ0n) is 20.8. The molecule has 0 spiro atoms. The molecule has 0 N–H and O–H groups in total. The summed E-state index contributed by atoms with van der Waals surface area (Å²) in [5.74, 6) is 0. The molecule has 0 heterocycles. The first-order chi connectivity index (χ1) is 16.6. The van der Waals surface area contributed by atoms with Crippen LogP contribution in [0.5, 0.6) is 0 Å². The molecule has 0 atom stereocenters. The third-order valence-corrected chi connectivity index (χ3v) is 37.6. The summed E-state index contributed by atoms with van der Waals surface area (Å²) >= 11 is -4.38. The van der Waals surface area contributed by atoms with Gasteiger partial charge in [0.25, 0.3) is 0 Å². The van der Waals surface area contributed by atoms with Crippen molar-refractivity contribution in [1.29, 1.82) is 0 Å². The van der Waals surface area contributed by atoms with E-state index in [1.54, 1.807) is 16.7 Å². The van der Waals surface area contributed by atoms with Crippen LogP contribution in [-0.4, -0.2) is 0 Å². The summed E-state index contributed by atoms with van der Waals surface area (Å²) in [5.41, 5.74) is 4.65. The van der Waals surface area contributed by atoms with Crippen molar-refractivity contribution in [1.82, 2.24) is 0 Å². The van der Waals surface area contributed by atoms with Crippen LogP contribution in [0.25, 0.3) is 0 Å². The normalized spacial score (nSPS) is 18.8. The van der Waals surface area contributed by atoms with Crippen LogP contribution in [0.3, 0.4) is 0 Å². The molecule has 0 radical (unpaired) electrons. The molecule has 0 saturated heterocycles. The molecule has 0 aromatic heterocycles. The van der Waals surface area contributed by atoms with Crippen LogP contribution in [0, 0.1) is 0 Å². The van der Waals surface area contributed by atoms with Crippen molar-refractivity contribution < 1.29 is 17.3 Å². The molecule has 176 valence electrons. The van der Waals surface area contributed by atoms with Crippen LogP contribution in [0.15, 0.2) is 113 Å². The molecule has 2 aliphatic carbocycles. The first-order valence-electron chi connectivity index (χ1n) is 13.4. The fraction of sp³-hybridized carbons (Fsp3) is 0.333. The van der Waals surface area contributed by atoms with Gasteiger partial charge in [0.1, 0.15) is 0 Å². The topological polar surface area (TPSA) is 0 Å². The molecular weight excluding hydrogens is 488 g/mol. The van der Waals surface area contributed by atoms with Gasteiger partial charge >= 0.3 is 206 Å². The van der Waals surface area contributed by atoms with Gasteiger partial charge in [-0.15, -0.1) is 0 Å². The van der Waals surface area contributed by atoms with Gasteiger partial charge in [0.15, 0.2) is 0 Å². The third-order valence-electron chi connectivity index (χ3n) is 10.0. The maximum absolute atomic E-state index is 4.38. The van der Waals surface area contributed by atoms with Gasteiger partial charge in [0.2, 0.25) is 0 Å². The molecule has 34 heavy (non-hydrogen) atoms. The van der Waals surface area contributed by atoms with E-state index >= 15 is 0 Å². The Morgan fingerprint density at radius 3 is 1.44 bits per heavy atom. The van der Waals surface area contributed by atoms with E-state index < -0.39 is 17.3 Å². The van der Waals surface area contributed by atoms with Crippen LogP contribution in [0.4, 0.5) is 0 Å². The predicted octanol–water partition coefficient (Wildman–Crippen LogP) is 9.46. The summed E-state index contributed by atoms with van der Waals surface area (Å²) in [5, 5.41) is 0. The van der Waals surface area contributed by atoms with Crippen molar-refractivity contribution in [3.63, 3.8) is 0 Å². The summed E-state index contributed by atoms with van der Waals surface area (Å²) in [6.07, 6.45) is 15.5. The number of rotatable bonds is 8. The second-order valence-corrected chi connectivity index (χ2v) is 36.4. The van der Waals surface area contributed by atoms with E-state index in [-0.39, 0.29) is 0 Å². The zero-order chi connectivity index (χ0) is 23.4. The second kappa shape index (κ2) is 9.24. The van der Waals surface area contributed by atoms with Gasteiger partial charge in [-0.3, -0.25) is 0 Å². The molecule has 0 nitrogen and oxygen atoms in total. The van der Waals surface area contributed by atoms with Crippen LogP contribution in [0.1, 0.15) is 55.2 Å². The summed E-state index contributed by atoms with van der Waals surface area (Å²) in [7, 11) is 0. The first-order valence-corrected chi connectivity index (χ1v) is 23.7. The van der Waals surface area contributed by atoms with Crippen LogP contribution in [0.2, 0.25) is 8.26 Å². The van der Waals surface area contributed by atoms with Gasteiger partial charge < -0.3 is 0 Å². The van der Waals surface area contributed by atoms with E-state index in [2.05, 4.69) is 114 Å². The standard InChI is InChI=1S/3C7H7.C6H11.C5H5.CH3.Zr/c3*1-7-5-3-2-4-6-7;1-2-4-6-5-3-1;1-2-4-5-3-1;;/h3*2-6H,1H2;1H,2-6H2;1-3H,4H2;1H3;. The molecule has 2 aliphatic rings. The van der Waals surface area contributed by atoms with E-state index in [0.29, 0.717) is 0 Å². The molecule has 0 unspecified atom stereocenters. The molecular formula is C33H40Zr. The Balaban J connectivity index is 1.83. The summed E-state index contributed by atoms with van der Waals surface area (Å²) in [4.78, 5) is 0. The Hall–Kier alpha value is -1.98. The number of allylic oxidation sites excluding steroid dienone is 4. The van der Waals surface area contributed by atoms with E-state index in [0.717, 1.165) is 10.0 Å². The van der Waals surface area contributed by atoms with Gasteiger partial charge in [-0.2, -0.15) is 0 Å². The number of hydrogen-bond donors (Lipinski definition) is 0. The molecule has 3 aromatic carbocycles. The van der Waals surface area contributed by atoms with Crippen molar-refractivity contribution in [2.45, 2.75) is 59.2 Å². The van der Waals surface area contributed by atoms with Crippen molar-refractivity contribution in [3.8, 4) is 0 Å². The summed E-state index contributed by atoms with van der Waals surface area (Å²) in [6, 6.07) is 34.6. The predicted molar refractivity (Wildman–Crippen MR) is 145 cm³/mol. The Bertz CT molecular complexity index is 1060. The molecule has 0 aliphatic heterocycles. The molecule has 1 heteroatoms. The average molecular weight is 528 g/mol. The van der Waals surface area contributed by atoms with Gasteiger partial charge in [0.05, 0.1) is 0 Å². The van der Waals surface area contributed by atoms with E-state index in [1.165, 1.54) is 44.5 Å². The van der Waals surface area contributed by atoms with Crippen molar-refractivity contribution in [3.05, 3.63) is 129 Å². The number of hydrogen-bond acceptors (Lipinski definition) is 0. The molecule has 1 fully saturated rings. The minimum absolute atomic E-state index is 0.821. The monoisotopic (exact) mass is 526 g/mol. The first kappa shape index (κ1) is 23.8. The fourth-order valence-electron chi connectivity index (χ4n) is 8.43. The van der Waals surface area contributed by atoms with E-state index in [4.69, 9.17) is 0 Å². The summed E-state index contributed by atoms with van der Waals surface area (Å²) in [6.45, 7) is 0. The van der Waals surface area contributed by atoms with Crippen molar-refractivity contribution >= 4 is 0 Å². The van der Waals surface area contributed by atoms with E-state index in [9.17, 15) is 0 Å². The van der Waals surface area contributed by atoms with Gasteiger partial charge in [0, 0.05) is 0 Å². The molecule has 0 amide bonds. The van der Waals surface area contributed by atoms with Crippen LogP contribution >= 0.6 is 0 Å². The summed E-state index contributed by atoms with van der Waals surface area (Å²) < 4.78 is 9.38. The second-order valence-electron chi connectivity index (χ2n) is 12.3. The number of benzene rings is 3. The Morgan fingerprint density at radius 2 is 1.06 bits per heavy atom. The zero-order valence-corrected chi connectivity index (χ0v) is 23.3. The maximum atomic E-state index is 2.92. The van der Waals surface area contributed by atoms with Crippen molar-refractivity contribution in [2.75, 3.05) is 0 Å². The molecule has 1 saturated carbocycles. The Kier molecular flexibility index (Phi) is 6.45. The Labute approximate surface area is 204 Å². The molecule has 0 bridgehead atoms. The quantitative estimate of drug-likeness (QED) is 0.274. The molecule has 5 rings (SSSR count). The van der Waals surface area contributed by atoms with Gasteiger partial charge in [-0.1, -0.05) is 0 Å². The SMILES string of the molecule is [CH3][Zr]([CH2]c1ccccc1)([CH2]c1ccccc1)([CH2]c1ccccc1)([C]1=CC=CC1)[CH]1CCCCC1. The van der Waals surface area contributed by atoms with Crippen molar-refractivity contribution in [2.24, 2.45) is 0 Å². The molecule has 3 aromatic rings. The van der Waals surface area contributed by atoms with Crippen LogP contribution in [-0.2, 0) is 29.7 Å².